The summed E-state index contributed by atoms with van der Waals surface area (Å²) in [7, 11) is 2.12. The molecule has 5 N–H and O–H groups in total. The molecule has 3 amide bonds. The molecule has 290 valence electrons. The van der Waals surface area contributed by atoms with Gasteiger partial charge in [-0.1, -0.05) is 62.7 Å². The monoisotopic (exact) mass is 754 g/mol. The number of likely N-dealkylation sites (tertiary alicyclic amines) is 1. The van der Waals surface area contributed by atoms with Gasteiger partial charge in [-0.15, -0.1) is 0 Å². The molecule has 2 aromatic heterocycles. The molecule has 3 heterocycles. The highest BCUT2D eigenvalue weighted by Gasteiger charge is 2.21. The van der Waals surface area contributed by atoms with Gasteiger partial charge in [0, 0.05) is 35.6 Å². The third-order valence-electron chi connectivity index (χ3n) is 9.69. The number of carbonyl (C=O) groups excluding carboxylic acids is 2. The van der Waals surface area contributed by atoms with Gasteiger partial charge in [-0.05, 0) is 93.2 Å². The van der Waals surface area contributed by atoms with Crippen LogP contribution < -0.4 is 26.0 Å². The number of piperidine rings is 1. The molecule has 6 rings (SSSR count). The van der Waals surface area contributed by atoms with Crippen molar-refractivity contribution in [2.75, 3.05) is 37.3 Å². The number of aromatic nitrogens is 3. The van der Waals surface area contributed by atoms with Gasteiger partial charge in [-0.25, -0.2) is 24.7 Å². The van der Waals surface area contributed by atoms with E-state index in [0.29, 0.717) is 52.8 Å². The summed E-state index contributed by atoms with van der Waals surface area (Å²) in [5.41, 5.74) is 3.61. The first kappa shape index (κ1) is 39.5. The van der Waals surface area contributed by atoms with Gasteiger partial charge in [0.15, 0.2) is 0 Å². The van der Waals surface area contributed by atoms with Crippen LogP contribution in [0.2, 0.25) is 0 Å². The molecule has 0 atom stereocenters. The quantitative estimate of drug-likeness (QED) is 0.0630. The Kier molecular flexibility index (Phi) is 12.7. The Hall–Kier alpha value is -6.21. The second-order valence-electron chi connectivity index (χ2n) is 15.2. The standard InChI is InChI=1S/C43H50N10O3/c1-28-10-12-31(13-11-28)49-39(23-37(44)43(2,3)4)52-42(55)50-34-14-15-36(33-9-7-6-8-32(33)34)56-27-30-16-19-45-38(22-30)51-40-26-46-35(25-47-40)41(54)48-24-29-17-20-53(5)21-18-29/h6-16,19,22,25-26,29,44H,17-18,20-21,23-24,27H2,1-5H3,(H,48,54)(H,45,47,51)(H2,49,50,52,55). The van der Waals surface area contributed by atoms with Gasteiger partial charge in [0.25, 0.3) is 5.91 Å². The van der Waals surface area contributed by atoms with Crippen molar-refractivity contribution in [3.63, 3.8) is 0 Å². The highest BCUT2D eigenvalue weighted by molar-refractivity contribution is 6.13. The maximum atomic E-state index is 13.4. The number of aliphatic imine (C=N–C) groups is 1. The van der Waals surface area contributed by atoms with Crippen molar-refractivity contribution in [1.82, 2.24) is 30.5 Å². The molecule has 1 aliphatic heterocycles. The predicted octanol–water partition coefficient (Wildman–Crippen LogP) is 8.04. The largest absolute Gasteiger partial charge is 0.488 e. The van der Waals surface area contributed by atoms with E-state index in [1.807, 2.05) is 100 Å². The Morgan fingerprint density at radius 2 is 1.68 bits per heavy atom. The summed E-state index contributed by atoms with van der Waals surface area (Å²) in [6.45, 7) is 10.9. The van der Waals surface area contributed by atoms with Crippen LogP contribution >= 0.6 is 0 Å². The first-order valence-electron chi connectivity index (χ1n) is 18.8. The Morgan fingerprint density at radius 3 is 2.39 bits per heavy atom. The fourth-order valence-electron chi connectivity index (χ4n) is 6.14. The SMILES string of the molecule is Cc1ccc(N=C(CC(=N)C(C)(C)C)NC(=O)Nc2ccc(OCc3ccnc(Nc4cnc(C(=O)NCC5CCN(C)CC5)cn4)c3)c3ccccc23)cc1. The van der Waals surface area contributed by atoms with Gasteiger partial charge in [-0.3, -0.25) is 10.1 Å². The van der Waals surface area contributed by atoms with Crippen LogP contribution in [0.15, 0.2) is 96.4 Å². The number of hydrogen-bond acceptors (Lipinski definition) is 10. The zero-order chi connectivity index (χ0) is 39.7. The average Bonchev–Trinajstić information content (AvgIpc) is 3.18. The van der Waals surface area contributed by atoms with E-state index in [2.05, 4.69) is 53.2 Å². The van der Waals surface area contributed by atoms with E-state index in [1.165, 1.54) is 12.4 Å². The lowest BCUT2D eigenvalue weighted by Gasteiger charge is -2.28. The van der Waals surface area contributed by atoms with Gasteiger partial charge >= 0.3 is 6.03 Å². The minimum atomic E-state index is -0.459. The topological polar surface area (TPSA) is 170 Å². The maximum absolute atomic E-state index is 13.4. The molecule has 1 saturated heterocycles. The van der Waals surface area contributed by atoms with Gasteiger partial charge in [0.1, 0.15) is 35.5 Å². The van der Waals surface area contributed by atoms with E-state index in [0.717, 1.165) is 47.8 Å². The number of hydrogen-bond donors (Lipinski definition) is 5. The number of nitrogens with zero attached hydrogens (tertiary/aromatic N) is 5. The molecule has 0 bridgehead atoms. The smallest absolute Gasteiger partial charge is 0.324 e. The van der Waals surface area contributed by atoms with Crippen molar-refractivity contribution in [3.8, 4) is 5.75 Å². The summed E-state index contributed by atoms with van der Waals surface area (Å²) in [4.78, 5) is 46.1. The Morgan fingerprint density at radius 1 is 0.929 bits per heavy atom. The number of anilines is 3. The molecule has 56 heavy (non-hydrogen) atoms. The van der Waals surface area contributed by atoms with Crippen LogP contribution in [0.4, 0.5) is 27.8 Å². The number of fused-ring (bicyclic) bond motifs is 1. The molecule has 1 fully saturated rings. The zero-order valence-corrected chi connectivity index (χ0v) is 32.6. The zero-order valence-electron chi connectivity index (χ0n) is 32.6. The first-order chi connectivity index (χ1) is 26.9. The maximum Gasteiger partial charge on any atom is 0.324 e. The van der Waals surface area contributed by atoms with Crippen LogP contribution in [-0.2, 0) is 6.61 Å². The number of urea groups is 1. The van der Waals surface area contributed by atoms with Crippen molar-refractivity contribution in [3.05, 3.63) is 108 Å². The Balaban J connectivity index is 1.07. The van der Waals surface area contributed by atoms with Crippen molar-refractivity contribution in [2.24, 2.45) is 16.3 Å². The fraction of sp³-hybridized carbons (Fsp3) is 0.326. The molecule has 13 nitrogen and oxygen atoms in total. The summed E-state index contributed by atoms with van der Waals surface area (Å²) in [5.74, 6) is 2.29. The second-order valence-corrected chi connectivity index (χ2v) is 15.2. The van der Waals surface area contributed by atoms with Crippen molar-refractivity contribution in [1.29, 1.82) is 5.41 Å². The molecule has 0 aliphatic carbocycles. The lowest BCUT2D eigenvalue weighted by atomic mass is 9.88. The molecule has 1 aliphatic rings. The van der Waals surface area contributed by atoms with Gasteiger partial charge in [0.2, 0.25) is 0 Å². The normalized spacial score (nSPS) is 13.9. The molecule has 3 aromatic carbocycles. The van der Waals surface area contributed by atoms with Gasteiger partial charge in [0.05, 0.1) is 23.8 Å². The summed E-state index contributed by atoms with van der Waals surface area (Å²) < 4.78 is 6.30. The lowest BCUT2D eigenvalue weighted by Crippen LogP contribution is -2.37. The van der Waals surface area contributed by atoms with E-state index >= 15 is 0 Å². The molecule has 13 heteroatoms. The predicted molar refractivity (Wildman–Crippen MR) is 223 cm³/mol. The third kappa shape index (κ3) is 10.9. The Bertz CT molecular complexity index is 2190. The van der Waals surface area contributed by atoms with Crippen LogP contribution in [0.1, 0.15) is 61.6 Å². The minimum absolute atomic E-state index is 0.196. The fourth-order valence-corrected chi connectivity index (χ4v) is 6.14. The highest BCUT2D eigenvalue weighted by Crippen LogP contribution is 2.32. The Labute approximate surface area is 327 Å². The minimum Gasteiger partial charge on any atom is -0.488 e. The van der Waals surface area contributed by atoms with E-state index in [-0.39, 0.29) is 30.0 Å². The van der Waals surface area contributed by atoms with Crippen molar-refractivity contribution < 1.29 is 14.3 Å². The van der Waals surface area contributed by atoms with Crippen molar-refractivity contribution in [2.45, 2.75) is 53.6 Å². The molecule has 0 saturated carbocycles. The molecule has 0 radical (unpaired) electrons. The summed E-state index contributed by atoms with van der Waals surface area (Å²) in [5, 5.41) is 22.2. The number of nitrogens with one attached hydrogen (secondary N) is 5. The van der Waals surface area contributed by atoms with Crippen LogP contribution in [0.25, 0.3) is 10.8 Å². The molecule has 5 aromatic rings. The van der Waals surface area contributed by atoms with Crippen LogP contribution in [-0.4, -0.2) is 70.0 Å². The number of ether oxygens (including phenoxy) is 1. The number of amidine groups is 1. The first-order valence-corrected chi connectivity index (χ1v) is 18.8. The number of rotatable bonds is 12. The highest BCUT2D eigenvalue weighted by atomic mass is 16.5. The number of pyridine rings is 1. The molecule has 0 spiro atoms. The summed E-state index contributed by atoms with van der Waals surface area (Å²) >= 11 is 0. The van der Waals surface area contributed by atoms with Gasteiger partial charge < -0.3 is 31.0 Å². The molecular formula is C43H50N10O3. The van der Waals surface area contributed by atoms with E-state index in [1.54, 1.807) is 6.20 Å². The number of amides is 3. The third-order valence-corrected chi connectivity index (χ3v) is 9.69. The summed E-state index contributed by atoms with van der Waals surface area (Å²) in [6, 6.07) is 22.3. The average molecular weight is 755 g/mol. The van der Waals surface area contributed by atoms with Crippen LogP contribution in [0.5, 0.6) is 5.75 Å². The van der Waals surface area contributed by atoms with Crippen LogP contribution in [0.3, 0.4) is 0 Å². The van der Waals surface area contributed by atoms with Crippen molar-refractivity contribution >= 4 is 57.3 Å². The number of carbonyl (C=O) groups is 2. The van der Waals surface area contributed by atoms with E-state index in [9.17, 15) is 9.59 Å². The van der Waals surface area contributed by atoms with E-state index < -0.39 is 6.03 Å². The number of aryl methyl sites for hydroxylation is 1. The van der Waals surface area contributed by atoms with E-state index in [4.69, 9.17) is 10.1 Å². The van der Waals surface area contributed by atoms with Crippen LogP contribution in [0, 0.1) is 23.7 Å². The number of benzene rings is 3. The molecular weight excluding hydrogens is 705 g/mol. The molecule has 0 unspecified atom stereocenters. The lowest BCUT2D eigenvalue weighted by molar-refractivity contribution is 0.0933. The van der Waals surface area contributed by atoms with Gasteiger partial charge in [-0.2, -0.15) is 0 Å². The second kappa shape index (κ2) is 17.9. The summed E-state index contributed by atoms with van der Waals surface area (Å²) in [6.07, 6.45) is 7.01.